The Balaban J connectivity index is 0.00000264. The summed E-state index contributed by atoms with van der Waals surface area (Å²) in [6.07, 6.45) is 2.53. The second-order valence-electron chi connectivity index (χ2n) is 5.33. The van der Waals surface area contributed by atoms with Crippen molar-refractivity contribution >= 4 is 41.3 Å². The fourth-order valence-electron chi connectivity index (χ4n) is 1.86. The first-order valence-electron chi connectivity index (χ1n) is 7.54. The second kappa shape index (κ2) is 10.6. The summed E-state index contributed by atoms with van der Waals surface area (Å²) in [5.74, 6) is 2.21. The number of halogens is 1. The van der Waals surface area contributed by atoms with Crippen molar-refractivity contribution in [2.45, 2.75) is 39.0 Å². The van der Waals surface area contributed by atoms with Gasteiger partial charge in [-0.1, -0.05) is 25.1 Å². The van der Waals surface area contributed by atoms with Crippen LogP contribution in [-0.2, 0) is 12.8 Å². The highest BCUT2D eigenvalue weighted by molar-refractivity contribution is 14.0. The molecule has 0 atom stereocenters. The van der Waals surface area contributed by atoms with Gasteiger partial charge in [-0.25, -0.2) is 0 Å². The summed E-state index contributed by atoms with van der Waals surface area (Å²) in [6, 6.07) is 4.18. The zero-order chi connectivity index (χ0) is 15.8. The van der Waals surface area contributed by atoms with Gasteiger partial charge in [0.1, 0.15) is 0 Å². The summed E-state index contributed by atoms with van der Waals surface area (Å²) in [7, 11) is 0. The van der Waals surface area contributed by atoms with Crippen LogP contribution >= 0.6 is 35.3 Å². The van der Waals surface area contributed by atoms with Gasteiger partial charge in [-0.2, -0.15) is 4.98 Å². The van der Waals surface area contributed by atoms with Gasteiger partial charge in [0.05, 0.1) is 0 Å². The molecule has 8 heteroatoms. The van der Waals surface area contributed by atoms with Crippen molar-refractivity contribution in [1.82, 2.24) is 15.5 Å². The van der Waals surface area contributed by atoms with Crippen LogP contribution in [0.25, 0.3) is 0 Å². The normalized spacial score (nSPS) is 11.5. The van der Waals surface area contributed by atoms with Crippen molar-refractivity contribution in [2.75, 3.05) is 13.1 Å². The number of aliphatic imine (C=N–C) groups is 1. The van der Waals surface area contributed by atoms with Crippen molar-refractivity contribution in [2.24, 2.45) is 10.7 Å². The van der Waals surface area contributed by atoms with Crippen molar-refractivity contribution < 1.29 is 4.52 Å². The molecule has 128 valence electrons. The van der Waals surface area contributed by atoms with Gasteiger partial charge in [-0.15, -0.1) is 35.3 Å². The van der Waals surface area contributed by atoms with E-state index in [2.05, 4.69) is 38.0 Å². The molecule has 0 fully saturated rings. The lowest BCUT2D eigenvalue weighted by Crippen LogP contribution is -2.33. The molecule has 2 rings (SSSR count). The first kappa shape index (κ1) is 19.9. The Morgan fingerprint density at radius 3 is 2.91 bits per heavy atom. The lowest BCUT2D eigenvalue weighted by atomic mass is 10.2. The Morgan fingerprint density at radius 2 is 2.26 bits per heavy atom. The summed E-state index contributed by atoms with van der Waals surface area (Å²) in [6.45, 7) is 5.54. The number of guanidine groups is 1. The number of hydrogen-bond acceptors (Lipinski definition) is 5. The van der Waals surface area contributed by atoms with Crippen LogP contribution in [0.3, 0.4) is 0 Å². The molecule has 0 spiro atoms. The lowest BCUT2D eigenvalue weighted by Gasteiger charge is -2.04. The Bertz CT molecular complexity index is 582. The van der Waals surface area contributed by atoms with E-state index in [0.29, 0.717) is 24.3 Å². The maximum atomic E-state index is 5.83. The van der Waals surface area contributed by atoms with Crippen molar-refractivity contribution in [1.29, 1.82) is 0 Å². The maximum absolute atomic E-state index is 5.83. The van der Waals surface area contributed by atoms with Crippen molar-refractivity contribution in [3.05, 3.63) is 34.1 Å². The molecule has 2 aromatic rings. The van der Waals surface area contributed by atoms with Crippen LogP contribution in [0.2, 0.25) is 0 Å². The Morgan fingerprint density at radius 1 is 1.43 bits per heavy atom. The Hall–Kier alpha value is -1.16. The van der Waals surface area contributed by atoms with Crippen molar-refractivity contribution in [3.63, 3.8) is 0 Å². The van der Waals surface area contributed by atoms with Crippen LogP contribution < -0.4 is 11.1 Å². The molecular formula is C15H24IN5OS. The topological polar surface area (TPSA) is 89.3 Å². The predicted octanol–water partition coefficient (Wildman–Crippen LogP) is 2.95. The molecule has 2 heterocycles. The van der Waals surface area contributed by atoms with Gasteiger partial charge in [0, 0.05) is 30.3 Å². The minimum Gasteiger partial charge on any atom is -0.370 e. The maximum Gasteiger partial charge on any atom is 0.226 e. The third-order valence-corrected chi connectivity index (χ3v) is 4.02. The van der Waals surface area contributed by atoms with E-state index in [9.17, 15) is 0 Å². The summed E-state index contributed by atoms with van der Waals surface area (Å²) in [5.41, 5.74) is 5.83. The van der Waals surface area contributed by atoms with Crippen molar-refractivity contribution in [3.8, 4) is 0 Å². The Labute approximate surface area is 158 Å². The van der Waals surface area contributed by atoms with Crippen LogP contribution in [0, 0.1) is 0 Å². The van der Waals surface area contributed by atoms with E-state index in [1.165, 1.54) is 4.88 Å². The molecule has 0 aliphatic heterocycles. The second-order valence-corrected chi connectivity index (χ2v) is 6.36. The average Bonchev–Trinajstić information content (AvgIpc) is 3.15. The predicted molar refractivity (Wildman–Crippen MR) is 105 cm³/mol. The molecule has 2 aromatic heterocycles. The van der Waals surface area contributed by atoms with Crippen LogP contribution in [0.1, 0.15) is 42.8 Å². The number of nitrogens with zero attached hydrogens (tertiary/aromatic N) is 3. The average molecular weight is 449 g/mol. The molecule has 0 unspecified atom stereocenters. The zero-order valence-electron chi connectivity index (χ0n) is 13.5. The summed E-state index contributed by atoms with van der Waals surface area (Å²) in [4.78, 5) is 9.97. The third-order valence-electron chi connectivity index (χ3n) is 3.09. The van der Waals surface area contributed by atoms with Crippen LogP contribution in [0.4, 0.5) is 0 Å². The lowest BCUT2D eigenvalue weighted by molar-refractivity contribution is 0.369. The number of thiophene rings is 1. The van der Waals surface area contributed by atoms with Gasteiger partial charge >= 0.3 is 0 Å². The molecule has 0 aliphatic carbocycles. The molecule has 0 aromatic carbocycles. The Kier molecular flexibility index (Phi) is 9.15. The van der Waals surface area contributed by atoms with Gasteiger partial charge < -0.3 is 15.6 Å². The van der Waals surface area contributed by atoms with E-state index >= 15 is 0 Å². The quantitative estimate of drug-likeness (QED) is 0.280. The fourth-order valence-corrected chi connectivity index (χ4v) is 2.57. The molecule has 0 amide bonds. The number of aryl methyl sites for hydroxylation is 1. The fraction of sp³-hybridized carbons (Fsp3) is 0.533. The highest BCUT2D eigenvalue weighted by atomic mass is 127. The van der Waals surface area contributed by atoms with E-state index in [4.69, 9.17) is 10.3 Å². The summed E-state index contributed by atoms with van der Waals surface area (Å²) < 4.78 is 5.18. The highest BCUT2D eigenvalue weighted by Crippen LogP contribution is 2.10. The van der Waals surface area contributed by atoms with Gasteiger partial charge in [0.2, 0.25) is 5.89 Å². The van der Waals surface area contributed by atoms with E-state index in [1.807, 2.05) is 13.8 Å². The molecule has 0 saturated heterocycles. The smallest absolute Gasteiger partial charge is 0.226 e. The van der Waals surface area contributed by atoms with Gasteiger partial charge in [-0.05, 0) is 24.3 Å². The number of hydrogen-bond donors (Lipinski definition) is 2. The van der Waals surface area contributed by atoms with E-state index in [0.717, 1.165) is 31.6 Å². The molecule has 6 nitrogen and oxygen atoms in total. The van der Waals surface area contributed by atoms with E-state index in [-0.39, 0.29) is 24.0 Å². The molecule has 23 heavy (non-hydrogen) atoms. The number of nitrogens with two attached hydrogens (primary N) is 1. The number of nitrogens with one attached hydrogen (secondary N) is 1. The van der Waals surface area contributed by atoms with Gasteiger partial charge in [0.25, 0.3) is 0 Å². The first-order valence-corrected chi connectivity index (χ1v) is 8.41. The molecule has 3 N–H and O–H groups in total. The van der Waals surface area contributed by atoms with E-state index in [1.54, 1.807) is 11.3 Å². The number of rotatable bonds is 8. The standard InChI is InChI=1S/C15H23N5OS.HI/c1-11(2)14-19-13(21-20-14)6-3-8-17-15(16)18-9-7-12-5-4-10-22-12;/h4-5,10-11H,3,6-9H2,1-2H3,(H3,16,17,18);1H. The first-order chi connectivity index (χ1) is 10.6. The largest absolute Gasteiger partial charge is 0.370 e. The molecule has 0 radical (unpaired) electrons. The number of aromatic nitrogens is 2. The van der Waals surface area contributed by atoms with Crippen LogP contribution in [0.15, 0.2) is 27.0 Å². The minimum atomic E-state index is 0. The van der Waals surface area contributed by atoms with Crippen LogP contribution in [0.5, 0.6) is 0 Å². The molecule has 0 saturated carbocycles. The van der Waals surface area contributed by atoms with Gasteiger partial charge in [0.15, 0.2) is 11.8 Å². The van der Waals surface area contributed by atoms with E-state index < -0.39 is 0 Å². The molecule has 0 bridgehead atoms. The third kappa shape index (κ3) is 7.30. The zero-order valence-corrected chi connectivity index (χ0v) is 16.6. The van der Waals surface area contributed by atoms with Gasteiger partial charge in [-0.3, -0.25) is 4.99 Å². The molecular weight excluding hydrogens is 425 g/mol. The van der Waals surface area contributed by atoms with Crippen LogP contribution in [-0.4, -0.2) is 29.2 Å². The minimum absolute atomic E-state index is 0. The highest BCUT2D eigenvalue weighted by Gasteiger charge is 2.08. The SMILES string of the molecule is CC(C)c1noc(CCCN=C(N)NCCc2cccs2)n1.I. The monoisotopic (exact) mass is 449 g/mol. The summed E-state index contributed by atoms with van der Waals surface area (Å²) in [5, 5.41) is 9.14. The summed E-state index contributed by atoms with van der Waals surface area (Å²) >= 11 is 1.75. The molecule has 0 aliphatic rings.